The van der Waals surface area contributed by atoms with Gasteiger partial charge in [-0.05, 0) is 19.1 Å². The zero-order chi connectivity index (χ0) is 8.81. The first-order valence-corrected chi connectivity index (χ1v) is 3.87. The van der Waals surface area contributed by atoms with Crippen LogP contribution in [0.3, 0.4) is 0 Å². The van der Waals surface area contributed by atoms with Crippen molar-refractivity contribution in [3.05, 3.63) is 30.6 Å². The molecule has 3 heteroatoms. The Morgan fingerprint density at radius 2 is 2.08 bits per heavy atom. The molecule has 12 heavy (non-hydrogen) atoms. The number of benzene rings is 1. The minimum atomic E-state index is 0.250. The van der Waals surface area contributed by atoms with Crippen LogP contribution in [0.5, 0.6) is 0 Å². The number of imidazole rings is 1. The first kappa shape index (κ1) is 8.74. The number of aliphatic hydroxyl groups is 1. The molecular formula is C9H12N2O. The Morgan fingerprint density at radius 1 is 1.42 bits per heavy atom. The second-order valence-corrected chi connectivity index (χ2v) is 2.24. The molecule has 0 aliphatic rings. The molecular weight excluding hydrogens is 152 g/mol. The predicted octanol–water partition coefficient (Wildman–Crippen LogP) is 1.56. The summed E-state index contributed by atoms with van der Waals surface area (Å²) in [5, 5.41) is 7.57. The lowest BCUT2D eigenvalue weighted by atomic mass is 10.3. The van der Waals surface area contributed by atoms with E-state index in [4.69, 9.17) is 5.11 Å². The van der Waals surface area contributed by atoms with E-state index in [0.717, 1.165) is 11.0 Å². The summed E-state index contributed by atoms with van der Waals surface area (Å²) in [6, 6.07) is 7.94. The van der Waals surface area contributed by atoms with Crippen molar-refractivity contribution in [3.8, 4) is 0 Å². The first-order valence-electron chi connectivity index (χ1n) is 3.87. The van der Waals surface area contributed by atoms with E-state index in [1.165, 1.54) is 0 Å². The van der Waals surface area contributed by atoms with Crippen molar-refractivity contribution in [3.63, 3.8) is 0 Å². The molecule has 1 aromatic carbocycles. The van der Waals surface area contributed by atoms with Crippen molar-refractivity contribution in [2.75, 3.05) is 6.61 Å². The van der Waals surface area contributed by atoms with Crippen molar-refractivity contribution in [1.82, 2.24) is 9.97 Å². The fourth-order valence-electron chi connectivity index (χ4n) is 0.880. The third kappa shape index (κ3) is 2.07. The standard InChI is InChI=1S/C7H6N2.C2H6O/c1-2-4-7-6(3-1)8-5-9-7;1-2-3/h1-5H,(H,8,9);3H,2H2,1H3. The van der Waals surface area contributed by atoms with Gasteiger partial charge in [-0.15, -0.1) is 0 Å². The highest BCUT2D eigenvalue weighted by Gasteiger charge is 1.88. The molecule has 0 aliphatic carbocycles. The highest BCUT2D eigenvalue weighted by Crippen LogP contribution is 2.05. The maximum Gasteiger partial charge on any atom is 0.0931 e. The van der Waals surface area contributed by atoms with Crippen molar-refractivity contribution in [2.24, 2.45) is 0 Å². The van der Waals surface area contributed by atoms with Gasteiger partial charge >= 0.3 is 0 Å². The summed E-state index contributed by atoms with van der Waals surface area (Å²) in [6.07, 6.45) is 1.70. The van der Waals surface area contributed by atoms with Crippen molar-refractivity contribution in [2.45, 2.75) is 6.92 Å². The summed E-state index contributed by atoms with van der Waals surface area (Å²) >= 11 is 0. The zero-order valence-electron chi connectivity index (χ0n) is 6.99. The number of H-pyrrole nitrogens is 1. The highest BCUT2D eigenvalue weighted by atomic mass is 16.2. The molecule has 1 heterocycles. The lowest BCUT2D eigenvalue weighted by Gasteiger charge is -1.81. The van der Waals surface area contributed by atoms with Crippen LogP contribution >= 0.6 is 0 Å². The number of aromatic amines is 1. The maximum atomic E-state index is 7.57. The van der Waals surface area contributed by atoms with E-state index in [-0.39, 0.29) is 6.61 Å². The van der Waals surface area contributed by atoms with Crippen LogP contribution in [0.1, 0.15) is 6.92 Å². The van der Waals surface area contributed by atoms with Crippen molar-refractivity contribution < 1.29 is 5.11 Å². The average Bonchev–Trinajstić information content (AvgIpc) is 2.52. The molecule has 0 bridgehead atoms. The van der Waals surface area contributed by atoms with Crippen LogP contribution in [0.25, 0.3) is 11.0 Å². The van der Waals surface area contributed by atoms with Crippen LogP contribution in [0.15, 0.2) is 30.6 Å². The molecule has 0 unspecified atom stereocenters. The van der Waals surface area contributed by atoms with Crippen LogP contribution in [0, 0.1) is 0 Å². The van der Waals surface area contributed by atoms with E-state index in [9.17, 15) is 0 Å². The normalized spacial score (nSPS) is 9.17. The topological polar surface area (TPSA) is 48.9 Å². The van der Waals surface area contributed by atoms with E-state index >= 15 is 0 Å². The first-order chi connectivity index (χ1) is 5.88. The highest BCUT2D eigenvalue weighted by molar-refractivity contribution is 5.73. The van der Waals surface area contributed by atoms with Gasteiger partial charge in [0.25, 0.3) is 0 Å². The molecule has 64 valence electrons. The number of aliphatic hydroxyl groups excluding tert-OH is 1. The number of nitrogens with zero attached hydrogens (tertiary/aromatic N) is 1. The maximum absolute atomic E-state index is 7.57. The Labute approximate surface area is 71.1 Å². The SMILES string of the molecule is CCO.c1ccc2[nH]cnc2c1. The van der Waals surface area contributed by atoms with Crippen LogP contribution < -0.4 is 0 Å². The lowest BCUT2D eigenvalue weighted by molar-refractivity contribution is 0.318. The summed E-state index contributed by atoms with van der Waals surface area (Å²) in [4.78, 5) is 7.07. The lowest BCUT2D eigenvalue weighted by Crippen LogP contribution is -1.63. The van der Waals surface area contributed by atoms with Gasteiger partial charge in [-0.25, -0.2) is 4.98 Å². The Hall–Kier alpha value is -1.35. The van der Waals surface area contributed by atoms with Gasteiger partial charge in [-0.1, -0.05) is 12.1 Å². The van der Waals surface area contributed by atoms with Gasteiger partial charge in [0.15, 0.2) is 0 Å². The zero-order valence-corrected chi connectivity index (χ0v) is 6.99. The largest absolute Gasteiger partial charge is 0.397 e. The molecule has 0 aliphatic heterocycles. The van der Waals surface area contributed by atoms with Gasteiger partial charge in [0.1, 0.15) is 0 Å². The molecule has 3 nitrogen and oxygen atoms in total. The molecule has 2 rings (SSSR count). The molecule has 0 saturated heterocycles. The Bertz CT molecular complexity index is 300. The fraction of sp³-hybridized carbons (Fsp3) is 0.222. The molecule has 0 saturated carbocycles. The average molecular weight is 164 g/mol. The molecule has 0 atom stereocenters. The van der Waals surface area contributed by atoms with Crippen molar-refractivity contribution >= 4 is 11.0 Å². The molecule has 0 spiro atoms. The summed E-state index contributed by atoms with van der Waals surface area (Å²) < 4.78 is 0. The van der Waals surface area contributed by atoms with Crippen LogP contribution in [-0.2, 0) is 0 Å². The second kappa shape index (κ2) is 4.51. The molecule has 2 aromatic rings. The van der Waals surface area contributed by atoms with Gasteiger partial charge in [0, 0.05) is 6.61 Å². The van der Waals surface area contributed by atoms with E-state index < -0.39 is 0 Å². The van der Waals surface area contributed by atoms with Gasteiger partial charge in [-0.2, -0.15) is 0 Å². The van der Waals surface area contributed by atoms with E-state index in [1.54, 1.807) is 13.3 Å². The van der Waals surface area contributed by atoms with Crippen LogP contribution in [0.2, 0.25) is 0 Å². The van der Waals surface area contributed by atoms with Gasteiger partial charge in [-0.3, -0.25) is 0 Å². The third-order valence-corrected chi connectivity index (χ3v) is 1.33. The molecule has 1 aromatic heterocycles. The van der Waals surface area contributed by atoms with Crippen LogP contribution in [0.4, 0.5) is 0 Å². The summed E-state index contributed by atoms with van der Waals surface area (Å²) in [5.41, 5.74) is 2.12. The van der Waals surface area contributed by atoms with Gasteiger partial charge < -0.3 is 10.1 Å². The molecule has 2 N–H and O–H groups in total. The van der Waals surface area contributed by atoms with E-state index in [1.807, 2.05) is 24.3 Å². The predicted molar refractivity (Wildman–Crippen MR) is 48.9 cm³/mol. The fourth-order valence-corrected chi connectivity index (χ4v) is 0.880. The van der Waals surface area contributed by atoms with Crippen molar-refractivity contribution in [1.29, 1.82) is 0 Å². The number of hydrogen-bond acceptors (Lipinski definition) is 2. The van der Waals surface area contributed by atoms with Gasteiger partial charge in [0.05, 0.1) is 17.4 Å². The number of hydrogen-bond donors (Lipinski definition) is 2. The summed E-state index contributed by atoms with van der Waals surface area (Å²) in [5.74, 6) is 0. The molecule has 0 amide bonds. The number of aromatic nitrogens is 2. The Morgan fingerprint density at radius 3 is 2.75 bits per heavy atom. The van der Waals surface area contributed by atoms with E-state index in [2.05, 4.69) is 9.97 Å². The Balaban J connectivity index is 0.000000213. The quantitative estimate of drug-likeness (QED) is 0.620. The number of para-hydroxylation sites is 2. The minimum absolute atomic E-state index is 0.250. The Kier molecular flexibility index (Phi) is 3.29. The summed E-state index contributed by atoms with van der Waals surface area (Å²) in [6.45, 7) is 1.93. The number of fused-ring (bicyclic) bond motifs is 1. The molecule has 0 fully saturated rings. The number of nitrogens with one attached hydrogen (secondary N) is 1. The van der Waals surface area contributed by atoms with E-state index in [0.29, 0.717) is 0 Å². The minimum Gasteiger partial charge on any atom is -0.397 e. The van der Waals surface area contributed by atoms with Gasteiger partial charge in [0.2, 0.25) is 0 Å². The third-order valence-electron chi connectivity index (χ3n) is 1.33. The monoisotopic (exact) mass is 164 g/mol. The smallest absolute Gasteiger partial charge is 0.0931 e. The molecule has 0 radical (unpaired) electrons. The van der Waals surface area contributed by atoms with Crippen LogP contribution in [-0.4, -0.2) is 21.7 Å². The summed E-state index contributed by atoms with van der Waals surface area (Å²) in [7, 11) is 0. The number of rotatable bonds is 0. The second-order valence-electron chi connectivity index (χ2n) is 2.24.